The van der Waals surface area contributed by atoms with E-state index >= 15 is 0 Å². The fourth-order valence-electron chi connectivity index (χ4n) is 1.47. The van der Waals surface area contributed by atoms with Crippen molar-refractivity contribution in [2.24, 2.45) is 0 Å². The molecule has 62 valence electrons. The van der Waals surface area contributed by atoms with E-state index in [1.165, 1.54) is 5.57 Å². The predicted octanol–water partition coefficient (Wildman–Crippen LogP) is 2.88. The molecule has 1 aliphatic rings. The normalized spacial score (nSPS) is 25.0. The predicted molar refractivity (Wildman–Crippen MR) is 50.8 cm³/mol. The molecule has 0 unspecified atom stereocenters. The van der Waals surface area contributed by atoms with Gasteiger partial charge in [0.15, 0.2) is 0 Å². The van der Waals surface area contributed by atoms with Gasteiger partial charge in [-0.15, -0.1) is 0 Å². The first-order valence-corrected chi connectivity index (χ1v) is 6.57. The average molecular weight is 170 g/mol. The second kappa shape index (κ2) is 2.98. The van der Waals surface area contributed by atoms with E-state index in [9.17, 15) is 4.57 Å². The Kier molecular flexibility index (Phi) is 2.39. The smallest absolute Gasteiger partial charge is 0.0889 e. The topological polar surface area (TPSA) is 17.1 Å². The van der Waals surface area contributed by atoms with Crippen LogP contribution in [0, 0.1) is 0 Å². The maximum Gasteiger partial charge on any atom is 0.0889 e. The molecule has 1 atom stereocenters. The molecule has 1 rings (SSSR count). The third-order valence-corrected chi connectivity index (χ3v) is 4.25. The van der Waals surface area contributed by atoms with E-state index in [4.69, 9.17) is 0 Å². The minimum absolute atomic E-state index is 0.299. The summed E-state index contributed by atoms with van der Waals surface area (Å²) >= 11 is 0. The van der Waals surface area contributed by atoms with Gasteiger partial charge >= 0.3 is 0 Å². The van der Waals surface area contributed by atoms with E-state index in [1.54, 1.807) is 0 Å². The summed E-state index contributed by atoms with van der Waals surface area (Å²) in [6.45, 7) is 5.80. The summed E-state index contributed by atoms with van der Waals surface area (Å²) in [4.78, 5) is 0. The van der Waals surface area contributed by atoms with E-state index in [-0.39, 0.29) is 0 Å². The van der Waals surface area contributed by atoms with Gasteiger partial charge in [-0.05, 0) is 26.7 Å². The van der Waals surface area contributed by atoms with Gasteiger partial charge in [-0.2, -0.15) is 0 Å². The van der Waals surface area contributed by atoms with Crippen LogP contribution in [-0.2, 0) is 4.57 Å². The van der Waals surface area contributed by atoms with E-state index in [1.807, 2.05) is 19.4 Å². The Labute approximate surface area is 68.6 Å². The molecule has 0 saturated carbocycles. The molecule has 0 bridgehead atoms. The van der Waals surface area contributed by atoms with Gasteiger partial charge in [0.25, 0.3) is 0 Å². The molecule has 0 aromatic rings. The SMILES string of the molecule is CC1=CC=CC[C@H]1P(C)(C)=O. The van der Waals surface area contributed by atoms with Crippen molar-refractivity contribution in [1.82, 2.24) is 0 Å². The third-order valence-electron chi connectivity index (χ3n) is 2.13. The lowest BCUT2D eigenvalue weighted by molar-refractivity contribution is 0.575. The quantitative estimate of drug-likeness (QED) is 0.553. The molecule has 1 nitrogen and oxygen atoms in total. The molecule has 2 heteroatoms. The molecule has 0 aromatic heterocycles. The van der Waals surface area contributed by atoms with Crippen LogP contribution in [0.3, 0.4) is 0 Å². The summed E-state index contributed by atoms with van der Waals surface area (Å²) in [6, 6.07) is 0. The summed E-state index contributed by atoms with van der Waals surface area (Å²) in [6.07, 6.45) is 7.15. The number of rotatable bonds is 1. The molecule has 0 aromatic carbocycles. The van der Waals surface area contributed by atoms with Crippen molar-refractivity contribution in [2.75, 3.05) is 13.3 Å². The number of hydrogen-bond donors (Lipinski definition) is 0. The molecular weight excluding hydrogens is 155 g/mol. The third kappa shape index (κ3) is 2.07. The highest BCUT2D eigenvalue weighted by Gasteiger charge is 2.24. The van der Waals surface area contributed by atoms with Gasteiger partial charge in [0.2, 0.25) is 0 Å². The maximum absolute atomic E-state index is 11.7. The fourth-order valence-corrected chi connectivity index (χ4v) is 3.16. The lowest BCUT2D eigenvalue weighted by atomic mass is 10.1. The van der Waals surface area contributed by atoms with Crippen LogP contribution in [0.2, 0.25) is 0 Å². The van der Waals surface area contributed by atoms with Gasteiger partial charge in [0, 0.05) is 5.66 Å². The van der Waals surface area contributed by atoms with Gasteiger partial charge in [-0.1, -0.05) is 23.8 Å². The molecule has 0 amide bonds. The van der Waals surface area contributed by atoms with Gasteiger partial charge in [0.05, 0.1) is 7.14 Å². The number of hydrogen-bond acceptors (Lipinski definition) is 1. The summed E-state index contributed by atoms with van der Waals surface area (Å²) in [7, 11) is -1.92. The minimum Gasteiger partial charge on any atom is -0.323 e. The number of allylic oxidation sites excluding steroid dienone is 4. The van der Waals surface area contributed by atoms with Crippen molar-refractivity contribution in [3.05, 3.63) is 23.8 Å². The van der Waals surface area contributed by atoms with Crippen LogP contribution < -0.4 is 0 Å². The maximum atomic E-state index is 11.7. The van der Waals surface area contributed by atoms with Crippen LogP contribution in [0.15, 0.2) is 23.8 Å². The van der Waals surface area contributed by atoms with Crippen molar-refractivity contribution in [2.45, 2.75) is 19.0 Å². The molecule has 0 fully saturated rings. The zero-order valence-corrected chi connectivity index (χ0v) is 8.27. The summed E-state index contributed by atoms with van der Waals surface area (Å²) < 4.78 is 11.7. The summed E-state index contributed by atoms with van der Waals surface area (Å²) in [5.74, 6) is 0. The molecule has 0 saturated heterocycles. The minimum atomic E-state index is -1.92. The van der Waals surface area contributed by atoms with Crippen LogP contribution in [-0.4, -0.2) is 19.0 Å². The lowest BCUT2D eigenvalue weighted by Crippen LogP contribution is -2.09. The Hall–Kier alpha value is -0.290. The molecule has 1 aliphatic carbocycles. The molecular formula is C9H15OP. The second-order valence-corrected chi connectivity index (χ2v) is 7.02. The van der Waals surface area contributed by atoms with Crippen LogP contribution in [0.25, 0.3) is 0 Å². The summed E-state index contributed by atoms with van der Waals surface area (Å²) in [5, 5.41) is 0. The molecule has 0 aliphatic heterocycles. The highest BCUT2D eigenvalue weighted by Crippen LogP contribution is 2.48. The Morgan fingerprint density at radius 1 is 1.55 bits per heavy atom. The van der Waals surface area contributed by atoms with Crippen molar-refractivity contribution in [3.63, 3.8) is 0 Å². The monoisotopic (exact) mass is 170 g/mol. The Bertz CT molecular complexity index is 244. The first-order valence-electron chi connectivity index (χ1n) is 3.90. The van der Waals surface area contributed by atoms with Crippen molar-refractivity contribution >= 4 is 7.14 Å². The molecule has 0 radical (unpaired) electrons. The molecule has 0 N–H and O–H groups in total. The Morgan fingerprint density at radius 2 is 2.18 bits per heavy atom. The van der Waals surface area contributed by atoms with Crippen LogP contribution >= 0.6 is 7.14 Å². The fraction of sp³-hybridized carbons (Fsp3) is 0.556. The lowest BCUT2D eigenvalue weighted by Gasteiger charge is -2.22. The van der Waals surface area contributed by atoms with Crippen molar-refractivity contribution in [3.8, 4) is 0 Å². The Morgan fingerprint density at radius 3 is 2.55 bits per heavy atom. The van der Waals surface area contributed by atoms with E-state index in [0.717, 1.165) is 6.42 Å². The van der Waals surface area contributed by atoms with Crippen molar-refractivity contribution in [1.29, 1.82) is 0 Å². The molecule has 0 spiro atoms. The largest absolute Gasteiger partial charge is 0.323 e. The highest BCUT2D eigenvalue weighted by molar-refractivity contribution is 7.63. The molecule has 11 heavy (non-hydrogen) atoms. The zero-order valence-electron chi connectivity index (χ0n) is 7.37. The summed E-state index contributed by atoms with van der Waals surface area (Å²) in [5.41, 5.74) is 1.56. The van der Waals surface area contributed by atoms with Gasteiger partial charge < -0.3 is 4.57 Å². The first kappa shape index (κ1) is 8.80. The first-order chi connectivity index (χ1) is 5.02. The van der Waals surface area contributed by atoms with E-state index < -0.39 is 7.14 Å². The van der Waals surface area contributed by atoms with Crippen LogP contribution in [0.1, 0.15) is 13.3 Å². The average Bonchev–Trinajstić information content (AvgIpc) is 1.86. The molecule has 0 heterocycles. The standard InChI is InChI=1S/C9H15OP/c1-8-6-4-5-7-9(8)11(2,3)10/h4-6,9H,7H2,1-3H3/t9-/m1/s1. The van der Waals surface area contributed by atoms with E-state index in [2.05, 4.69) is 19.1 Å². The van der Waals surface area contributed by atoms with Crippen LogP contribution in [0.5, 0.6) is 0 Å². The van der Waals surface area contributed by atoms with Crippen LogP contribution in [0.4, 0.5) is 0 Å². The van der Waals surface area contributed by atoms with Gasteiger partial charge in [0.1, 0.15) is 0 Å². The Balaban J connectivity index is 2.85. The highest BCUT2D eigenvalue weighted by atomic mass is 31.2. The zero-order chi connectivity index (χ0) is 8.48. The van der Waals surface area contributed by atoms with Crippen molar-refractivity contribution < 1.29 is 4.57 Å². The van der Waals surface area contributed by atoms with E-state index in [0.29, 0.717) is 5.66 Å². The van der Waals surface area contributed by atoms with Gasteiger partial charge in [-0.25, -0.2) is 0 Å². The second-order valence-electron chi connectivity index (χ2n) is 3.52. The van der Waals surface area contributed by atoms with Gasteiger partial charge in [-0.3, -0.25) is 0 Å².